The number of carbonyl (C=O) groups excluding carboxylic acids is 1. The molecule has 0 unspecified atom stereocenters. The Kier molecular flexibility index (Phi) is 7.08. The van der Waals surface area contributed by atoms with E-state index in [1.165, 1.54) is 0 Å². The highest BCUT2D eigenvalue weighted by Crippen LogP contribution is 2.13. The van der Waals surface area contributed by atoms with Crippen LogP contribution in [0, 0.1) is 0 Å². The average molecular weight is 374 g/mol. The SMILES string of the molecule is CCOc1ccc(CNC(=O)N(Cc2ccccc2)Cc2ccccc2)cc1. The van der Waals surface area contributed by atoms with Crippen molar-refractivity contribution >= 4 is 6.03 Å². The predicted octanol–water partition coefficient (Wildman–Crippen LogP) is 5.00. The fraction of sp³-hybridized carbons (Fsp3) is 0.208. The van der Waals surface area contributed by atoms with Crippen LogP contribution in [-0.2, 0) is 19.6 Å². The summed E-state index contributed by atoms with van der Waals surface area (Å²) in [5.74, 6) is 0.840. The van der Waals surface area contributed by atoms with Gasteiger partial charge in [0, 0.05) is 19.6 Å². The van der Waals surface area contributed by atoms with Crippen LogP contribution in [0.4, 0.5) is 4.79 Å². The van der Waals surface area contributed by atoms with Crippen LogP contribution >= 0.6 is 0 Å². The van der Waals surface area contributed by atoms with Gasteiger partial charge < -0.3 is 15.0 Å². The van der Waals surface area contributed by atoms with Gasteiger partial charge in [0.25, 0.3) is 0 Å². The van der Waals surface area contributed by atoms with E-state index in [1.807, 2.05) is 96.8 Å². The number of nitrogens with one attached hydrogen (secondary N) is 1. The van der Waals surface area contributed by atoms with E-state index in [9.17, 15) is 4.79 Å². The van der Waals surface area contributed by atoms with Crippen LogP contribution in [0.25, 0.3) is 0 Å². The van der Waals surface area contributed by atoms with Gasteiger partial charge in [-0.05, 0) is 35.7 Å². The van der Waals surface area contributed by atoms with E-state index in [2.05, 4.69) is 5.32 Å². The van der Waals surface area contributed by atoms with Gasteiger partial charge in [0.15, 0.2) is 0 Å². The van der Waals surface area contributed by atoms with Gasteiger partial charge in [-0.25, -0.2) is 4.79 Å². The Morgan fingerprint density at radius 1 is 0.786 bits per heavy atom. The zero-order valence-electron chi connectivity index (χ0n) is 16.2. The molecule has 3 aromatic rings. The first kappa shape index (κ1) is 19.5. The summed E-state index contributed by atoms with van der Waals surface area (Å²) in [5, 5.41) is 3.04. The molecule has 0 aliphatic carbocycles. The normalized spacial score (nSPS) is 10.3. The van der Waals surface area contributed by atoms with Gasteiger partial charge in [-0.15, -0.1) is 0 Å². The molecule has 0 saturated heterocycles. The standard InChI is InChI=1S/C24H26N2O2/c1-2-28-23-15-13-20(14-16-23)17-25-24(27)26(18-21-9-5-3-6-10-21)19-22-11-7-4-8-12-22/h3-16H,2,17-19H2,1H3,(H,25,27). The van der Waals surface area contributed by atoms with Crippen molar-refractivity contribution in [2.24, 2.45) is 0 Å². The van der Waals surface area contributed by atoms with E-state index in [0.717, 1.165) is 22.4 Å². The Hall–Kier alpha value is -3.27. The molecule has 0 aliphatic rings. The number of urea groups is 1. The summed E-state index contributed by atoms with van der Waals surface area (Å²) in [6.45, 7) is 4.20. The molecule has 0 radical (unpaired) electrons. The van der Waals surface area contributed by atoms with Crippen LogP contribution < -0.4 is 10.1 Å². The Morgan fingerprint density at radius 2 is 1.32 bits per heavy atom. The van der Waals surface area contributed by atoms with Crippen LogP contribution in [0.1, 0.15) is 23.6 Å². The fourth-order valence-electron chi connectivity index (χ4n) is 2.97. The van der Waals surface area contributed by atoms with E-state index in [0.29, 0.717) is 26.2 Å². The molecule has 28 heavy (non-hydrogen) atoms. The number of hydrogen-bond acceptors (Lipinski definition) is 2. The van der Waals surface area contributed by atoms with Crippen molar-refractivity contribution in [2.45, 2.75) is 26.6 Å². The first-order valence-electron chi connectivity index (χ1n) is 9.57. The lowest BCUT2D eigenvalue weighted by molar-refractivity contribution is 0.192. The summed E-state index contributed by atoms with van der Waals surface area (Å²) in [6, 6.07) is 27.8. The summed E-state index contributed by atoms with van der Waals surface area (Å²) in [6.07, 6.45) is 0. The Labute approximate surface area is 166 Å². The second kappa shape index (κ2) is 10.2. The molecule has 0 fully saturated rings. The van der Waals surface area contributed by atoms with Gasteiger partial charge in [0.05, 0.1) is 6.61 Å². The number of amides is 2. The van der Waals surface area contributed by atoms with E-state index in [4.69, 9.17) is 4.74 Å². The molecule has 0 bridgehead atoms. The smallest absolute Gasteiger partial charge is 0.318 e. The average Bonchev–Trinajstić information content (AvgIpc) is 2.74. The van der Waals surface area contributed by atoms with Crippen molar-refractivity contribution in [1.29, 1.82) is 0 Å². The molecule has 1 N–H and O–H groups in total. The largest absolute Gasteiger partial charge is 0.494 e. The van der Waals surface area contributed by atoms with Crippen LogP contribution in [0.5, 0.6) is 5.75 Å². The van der Waals surface area contributed by atoms with Gasteiger partial charge in [-0.3, -0.25) is 0 Å². The lowest BCUT2D eigenvalue weighted by Gasteiger charge is -2.23. The summed E-state index contributed by atoms with van der Waals surface area (Å²) < 4.78 is 5.46. The quantitative estimate of drug-likeness (QED) is 0.603. The molecular weight excluding hydrogens is 348 g/mol. The number of nitrogens with zero attached hydrogens (tertiary/aromatic N) is 1. The van der Waals surface area contributed by atoms with Crippen molar-refractivity contribution < 1.29 is 9.53 Å². The van der Waals surface area contributed by atoms with Gasteiger partial charge in [-0.2, -0.15) is 0 Å². The third kappa shape index (κ3) is 5.88. The number of carbonyl (C=O) groups is 1. The maximum absolute atomic E-state index is 12.9. The molecule has 144 valence electrons. The minimum atomic E-state index is -0.0819. The van der Waals surface area contributed by atoms with Gasteiger partial charge >= 0.3 is 6.03 Å². The van der Waals surface area contributed by atoms with Crippen molar-refractivity contribution in [3.63, 3.8) is 0 Å². The molecule has 0 atom stereocenters. The first-order chi connectivity index (χ1) is 13.7. The number of rotatable bonds is 8. The summed E-state index contributed by atoms with van der Waals surface area (Å²) in [4.78, 5) is 14.7. The van der Waals surface area contributed by atoms with Crippen LogP contribution in [-0.4, -0.2) is 17.5 Å². The molecule has 0 saturated carbocycles. The van der Waals surface area contributed by atoms with Crippen LogP contribution in [0.3, 0.4) is 0 Å². The zero-order valence-corrected chi connectivity index (χ0v) is 16.2. The molecule has 0 heterocycles. The topological polar surface area (TPSA) is 41.6 Å². The first-order valence-corrected chi connectivity index (χ1v) is 9.57. The molecule has 2 amide bonds. The zero-order chi connectivity index (χ0) is 19.6. The van der Waals surface area contributed by atoms with Gasteiger partial charge in [0.1, 0.15) is 5.75 Å². The summed E-state index contributed by atoms with van der Waals surface area (Å²) >= 11 is 0. The molecule has 4 nitrogen and oxygen atoms in total. The van der Waals surface area contributed by atoms with E-state index < -0.39 is 0 Å². The second-order valence-corrected chi connectivity index (χ2v) is 6.56. The molecule has 0 spiro atoms. The number of benzene rings is 3. The van der Waals surface area contributed by atoms with E-state index in [-0.39, 0.29) is 6.03 Å². The van der Waals surface area contributed by atoms with Gasteiger partial charge in [0.2, 0.25) is 0 Å². The molecule has 3 aromatic carbocycles. The Bertz CT molecular complexity index is 807. The Morgan fingerprint density at radius 3 is 1.82 bits per heavy atom. The molecule has 0 aliphatic heterocycles. The molecule has 4 heteroatoms. The predicted molar refractivity (Wildman–Crippen MR) is 112 cm³/mol. The van der Waals surface area contributed by atoms with Crippen molar-refractivity contribution in [3.05, 3.63) is 102 Å². The van der Waals surface area contributed by atoms with Crippen LogP contribution in [0.2, 0.25) is 0 Å². The summed E-state index contributed by atoms with van der Waals surface area (Å²) in [7, 11) is 0. The van der Waals surface area contributed by atoms with E-state index in [1.54, 1.807) is 0 Å². The Balaban J connectivity index is 1.65. The number of hydrogen-bond donors (Lipinski definition) is 1. The van der Waals surface area contributed by atoms with Crippen molar-refractivity contribution in [2.75, 3.05) is 6.61 Å². The maximum Gasteiger partial charge on any atom is 0.318 e. The lowest BCUT2D eigenvalue weighted by atomic mass is 10.1. The maximum atomic E-state index is 12.9. The lowest BCUT2D eigenvalue weighted by Crippen LogP contribution is -2.38. The number of ether oxygens (including phenoxy) is 1. The molecule has 3 rings (SSSR count). The third-order valence-corrected chi connectivity index (χ3v) is 4.40. The monoisotopic (exact) mass is 374 g/mol. The highest BCUT2D eigenvalue weighted by atomic mass is 16.5. The minimum Gasteiger partial charge on any atom is -0.494 e. The molecular formula is C24H26N2O2. The van der Waals surface area contributed by atoms with E-state index >= 15 is 0 Å². The second-order valence-electron chi connectivity index (χ2n) is 6.56. The molecule has 0 aromatic heterocycles. The highest BCUT2D eigenvalue weighted by molar-refractivity contribution is 5.74. The van der Waals surface area contributed by atoms with Crippen LogP contribution in [0.15, 0.2) is 84.9 Å². The highest BCUT2D eigenvalue weighted by Gasteiger charge is 2.14. The van der Waals surface area contributed by atoms with Crippen molar-refractivity contribution in [1.82, 2.24) is 10.2 Å². The fourth-order valence-corrected chi connectivity index (χ4v) is 2.97. The van der Waals surface area contributed by atoms with Gasteiger partial charge in [-0.1, -0.05) is 72.8 Å². The summed E-state index contributed by atoms with van der Waals surface area (Å²) in [5.41, 5.74) is 3.25. The third-order valence-electron chi connectivity index (χ3n) is 4.40. The van der Waals surface area contributed by atoms with Crippen molar-refractivity contribution in [3.8, 4) is 5.75 Å². The minimum absolute atomic E-state index is 0.0819.